The van der Waals surface area contributed by atoms with Crippen LogP contribution in [0.15, 0.2) is 42.5 Å². The van der Waals surface area contributed by atoms with Crippen LogP contribution in [0.3, 0.4) is 0 Å². The Hall–Kier alpha value is -2.57. The third-order valence-corrected chi connectivity index (χ3v) is 5.32. The highest BCUT2D eigenvalue weighted by molar-refractivity contribution is 6.30. The number of halogens is 1. The minimum absolute atomic E-state index is 0.0304. The maximum Gasteiger partial charge on any atom is 0.260 e. The molecule has 2 amide bonds. The molecule has 1 N–H and O–H groups in total. The van der Waals surface area contributed by atoms with Gasteiger partial charge in [-0.15, -0.1) is 0 Å². The van der Waals surface area contributed by atoms with Crippen LogP contribution in [0.25, 0.3) is 0 Å². The number of hydrogen-bond donors (Lipinski definition) is 1. The second-order valence-electron chi connectivity index (χ2n) is 6.91. The highest BCUT2D eigenvalue weighted by Gasteiger charge is 2.30. The standard InChI is InChI=1S/C20H21ClN4O2/c1-23-9-11-24(12-10-23)17-4-2-3-16-19(17)22-18(26)13-25(20(16)27)15-7-5-14(21)6-8-15/h2-8H,9-13H2,1H3,(H,22,26). The summed E-state index contributed by atoms with van der Waals surface area (Å²) in [6.07, 6.45) is 0. The van der Waals surface area contributed by atoms with Crippen molar-refractivity contribution in [3.05, 3.63) is 53.1 Å². The van der Waals surface area contributed by atoms with Crippen LogP contribution < -0.4 is 15.1 Å². The molecule has 1 fully saturated rings. The molecule has 0 bridgehead atoms. The molecule has 2 aliphatic rings. The van der Waals surface area contributed by atoms with Crippen molar-refractivity contribution in [2.45, 2.75) is 0 Å². The van der Waals surface area contributed by atoms with Gasteiger partial charge in [-0.3, -0.25) is 14.5 Å². The van der Waals surface area contributed by atoms with E-state index in [1.54, 1.807) is 30.3 Å². The summed E-state index contributed by atoms with van der Waals surface area (Å²) in [6, 6.07) is 12.6. The number of amides is 2. The van der Waals surface area contributed by atoms with Gasteiger partial charge in [0.15, 0.2) is 0 Å². The molecule has 4 rings (SSSR count). The molecule has 0 radical (unpaired) electrons. The molecule has 140 valence electrons. The third-order valence-electron chi connectivity index (χ3n) is 5.07. The third kappa shape index (κ3) is 3.50. The summed E-state index contributed by atoms with van der Waals surface area (Å²) in [7, 11) is 2.10. The number of para-hydroxylation sites is 1. The Morgan fingerprint density at radius 3 is 2.37 bits per heavy atom. The Morgan fingerprint density at radius 2 is 1.67 bits per heavy atom. The van der Waals surface area contributed by atoms with Crippen LogP contribution in [0.5, 0.6) is 0 Å². The summed E-state index contributed by atoms with van der Waals surface area (Å²) in [6.45, 7) is 3.58. The molecule has 0 unspecified atom stereocenters. The molecule has 2 aromatic carbocycles. The van der Waals surface area contributed by atoms with E-state index in [9.17, 15) is 9.59 Å². The highest BCUT2D eigenvalue weighted by Crippen LogP contribution is 2.34. The Bertz CT molecular complexity index is 876. The van der Waals surface area contributed by atoms with Crippen LogP contribution in [0.4, 0.5) is 17.1 Å². The van der Waals surface area contributed by atoms with Crippen molar-refractivity contribution in [2.75, 3.05) is 54.9 Å². The number of piperazine rings is 1. The van der Waals surface area contributed by atoms with Gasteiger partial charge < -0.3 is 15.1 Å². The van der Waals surface area contributed by atoms with Gasteiger partial charge in [0, 0.05) is 36.9 Å². The van der Waals surface area contributed by atoms with E-state index in [2.05, 4.69) is 22.2 Å². The van der Waals surface area contributed by atoms with E-state index in [1.165, 1.54) is 4.90 Å². The number of rotatable bonds is 2. The van der Waals surface area contributed by atoms with E-state index >= 15 is 0 Å². The van der Waals surface area contributed by atoms with Gasteiger partial charge in [0.2, 0.25) is 5.91 Å². The van der Waals surface area contributed by atoms with Gasteiger partial charge in [-0.25, -0.2) is 0 Å². The molecule has 0 spiro atoms. The maximum atomic E-state index is 13.2. The first-order chi connectivity index (χ1) is 13.0. The summed E-state index contributed by atoms with van der Waals surface area (Å²) in [4.78, 5) is 31.8. The molecule has 6 nitrogen and oxygen atoms in total. The topological polar surface area (TPSA) is 55.9 Å². The minimum Gasteiger partial charge on any atom is -0.367 e. The summed E-state index contributed by atoms with van der Waals surface area (Å²) in [5.41, 5.74) is 2.67. The Kier molecular flexibility index (Phi) is 4.76. The molecule has 2 aromatic rings. The zero-order chi connectivity index (χ0) is 19.0. The Labute approximate surface area is 163 Å². The van der Waals surface area contributed by atoms with Crippen molar-refractivity contribution >= 4 is 40.5 Å². The predicted molar refractivity (Wildman–Crippen MR) is 108 cm³/mol. The number of benzene rings is 2. The van der Waals surface area contributed by atoms with Gasteiger partial charge in [-0.2, -0.15) is 0 Å². The van der Waals surface area contributed by atoms with E-state index in [4.69, 9.17) is 11.6 Å². The van der Waals surface area contributed by atoms with Gasteiger partial charge in [0.25, 0.3) is 5.91 Å². The maximum absolute atomic E-state index is 13.2. The van der Waals surface area contributed by atoms with Crippen LogP contribution >= 0.6 is 11.6 Å². The zero-order valence-electron chi connectivity index (χ0n) is 15.1. The largest absolute Gasteiger partial charge is 0.367 e. The number of hydrogen-bond acceptors (Lipinski definition) is 4. The first-order valence-electron chi connectivity index (χ1n) is 8.97. The summed E-state index contributed by atoms with van der Waals surface area (Å²) in [5.74, 6) is -0.403. The fraction of sp³-hybridized carbons (Fsp3) is 0.300. The van der Waals surface area contributed by atoms with Gasteiger partial charge in [-0.1, -0.05) is 17.7 Å². The zero-order valence-corrected chi connectivity index (χ0v) is 15.9. The van der Waals surface area contributed by atoms with E-state index in [0.29, 0.717) is 22.0 Å². The smallest absolute Gasteiger partial charge is 0.260 e. The fourth-order valence-electron chi connectivity index (χ4n) is 3.53. The second kappa shape index (κ2) is 7.21. The molecule has 2 aliphatic heterocycles. The molecule has 2 heterocycles. The molecule has 7 heteroatoms. The number of carbonyl (C=O) groups is 2. The van der Waals surface area contributed by atoms with Gasteiger partial charge in [0.1, 0.15) is 6.54 Å². The van der Waals surface area contributed by atoms with Crippen molar-refractivity contribution in [3.63, 3.8) is 0 Å². The predicted octanol–water partition coefficient (Wildman–Crippen LogP) is 2.69. The minimum atomic E-state index is -0.210. The first kappa shape index (κ1) is 17.8. The molecule has 0 aliphatic carbocycles. The van der Waals surface area contributed by atoms with E-state index < -0.39 is 0 Å². The van der Waals surface area contributed by atoms with Gasteiger partial charge in [-0.05, 0) is 43.4 Å². The molecule has 0 atom stereocenters. The molecular formula is C20H21ClN4O2. The Morgan fingerprint density at radius 1 is 0.963 bits per heavy atom. The molecule has 27 heavy (non-hydrogen) atoms. The van der Waals surface area contributed by atoms with Crippen LogP contribution in [-0.2, 0) is 4.79 Å². The summed E-state index contributed by atoms with van der Waals surface area (Å²) >= 11 is 5.95. The van der Waals surface area contributed by atoms with Gasteiger partial charge in [0.05, 0.1) is 16.9 Å². The quantitative estimate of drug-likeness (QED) is 0.865. The summed E-state index contributed by atoms with van der Waals surface area (Å²) < 4.78 is 0. The van der Waals surface area contributed by atoms with Crippen molar-refractivity contribution < 1.29 is 9.59 Å². The van der Waals surface area contributed by atoms with Crippen molar-refractivity contribution in [3.8, 4) is 0 Å². The average Bonchev–Trinajstić information content (AvgIpc) is 2.79. The number of anilines is 3. The van der Waals surface area contributed by atoms with Crippen LogP contribution in [-0.4, -0.2) is 56.5 Å². The monoisotopic (exact) mass is 384 g/mol. The van der Waals surface area contributed by atoms with E-state index in [1.807, 2.05) is 12.1 Å². The summed E-state index contributed by atoms with van der Waals surface area (Å²) in [5, 5.41) is 3.54. The molecule has 0 saturated carbocycles. The van der Waals surface area contributed by atoms with Crippen LogP contribution in [0, 0.1) is 0 Å². The van der Waals surface area contributed by atoms with E-state index in [-0.39, 0.29) is 18.4 Å². The Balaban J connectivity index is 1.72. The SMILES string of the molecule is CN1CCN(c2cccc3c2NC(=O)CN(c2ccc(Cl)cc2)C3=O)CC1. The average molecular weight is 385 g/mol. The van der Waals surface area contributed by atoms with Crippen LogP contribution in [0.1, 0.15) is 10.4 Å². The number of likely N-dealkylation sites (N-methyl/N-ethyl adjacent to an activating group) is 1. The lowest BCUT2D eigenvalue weighted by Gasteiger charge is -2.35. The molecule has 0 aromatic heterocycles. The second-order valence-corrected chi connectivity index (χ2v) is 7.34. The van der Waals surface area contributed by atoms with Crippen LogP contribution in [0.2, 0.25) is 5.02 Å². The van der Waals surface area contributed by atoms with Crippen molar-refractivity contribution in [1.29, 1.82) is 0 Å². The number of fused-ring (bicyclic) bond motifs is 1. The van der Waals surface area contributed by atoms with Crippen molar-refractivity contribution in [1.82, 2.24) is 4.90 Å². The highest BCUT2D eigenvalue weighted by atomic mass is 35.5. The van der Waals surface area contributed by atoms with Gasteiger partial charge >= 0.3 is 0 Å². The lowest BCUT2D eigenvalue weighted by molar-refractivity contribution is -0.114. The number of carbonyl (C=O) groups excluding carboxylic acids is 2. The van der Waals surface area contributed by atoms with E-state index in [0.717, 1.165) is 31.9 Å². The lowest BCUT2D eigenvalue weighted by Crippen LogP contribution is -2.44. The molecular weight excluding hydrogens is 364 g/mol. The fourth-order valence-corrected chi connectivity index (χ4v) is 3.66. The number of nitrogens with zero attached hydrogens (tertiary/aromatic N) is 3. The lowest BCUT2D eigenvalue weighted by atomic mass is 10.1. The molecule has 1 saturated heterocycles. The number of nitrogens with one attached hydrogen (secondary N) is 1. The first-order valence-corrected chi connectivity index (χ1v) is 9.34. The normalized spacial score (nSPS) is 18.1. The van der Waals surface area contributed by atoms with Crippen molar-refractivity contribution in [2.24, 2.45) is 0 Å².